The van der Waals surface area contributed by atoms with Crippen molar-refractivity contribution in [2.45, 2.75) is 24.9 Å². The van der Waals surface area contributed by atoms with E-state index in [1.54, 1.807) is 16.3 Å². The summed E-state index contributed by atoms with van der Waals surface area (Å²) in [4.78, 5) is 16.5. The summed E-state index contributed by atoms with van der Waals surface area (Å²) in [6.07, 6.45) is 0.891. The highest BCUT2D eigenvalue weighted by atomic mass is 32.2. The SMILES string of the molecule is CCc1cc2nc3c(c(=O)n2[nH]1)CSC3. The van der Waals surface area contributed by atoms with E-state index in [4.69, 9.17) is 0 Å². The molecule has 3 heterocycles. The third kappa shape index (κ3) is 1.23. The van der Waals surface area contributed by atoms with Crippen LogP contribution in [0.15, 0.2) is 10.9 Å². The highest BCUT2D eigenvalue weighted by Gasteiger charge is 2.19. The summed E-state index contributed by atoms with van der Waals surface area (Å²) in [7, 11) is 0. The van der Waals surface area contributed by atoms with Crippen molar-refractivity contribution in [3.05, 3.63) is 33.4 Å². The molecule has 0 aliphatic carbocycles. The molecule has 0 atom stereocenters. The molecule has 3 rings (SSSR count). The van der Waals surface area contributed by atoms with E-state index in [0.717, 1.165) is 40.5 Å². The number of aromatic amines is 1. The fourth-order valence-electron chi connectivity index (χ4n) is 1.85. The van der Waals surface area contributed by atoms with Crippen LogP contribution in [0.2, 0.25) is 0 Å². The van der Waals surface area contributed by atoms with Crippen molar-refractivity contribution < 1.29 is 0 Å². The molecule has 0 unspecified atom stereocenters. The molecular formula is C10H11N3OS. The molecule has 4 nitrogen and oxygen atoms in total. The Hall–Kier alpha value is -1.23. The predicted octanol–water partition coefficient (Wildman–Crippen LogP) is 1.33. The van der Waals surface area contributed by atoms with E-state index >= 15 is 0 Å². The maximum absolute atomic E-state index is 12.0. The number of aromatic nitrogens is 3. The van der Waals surface area contributed by atoms with Crippen molar-refractivity contribution in [2.24, 2.45) is 0 Å². The van der Waals surface area contributed by atoms with Crippen molar-refractivity contribution in [2.75, 3.05) is 0 Å². The van der Waals surface area contributed by atoms with E-state index in [-0.39, 0.29) is 5.56 Å². The molecule has 78 valence electrons. The largest absolute Gasteiger partial charge is 0.294 e. The molecule has 0 radical (unpaired) electrons. The second-order valence-corrected chi connectivity index (χ2v) is 4.65. The molecule has 0 spiro atoms. The lowest BCUT2D eigenvalue weighted by molar-refractivity contribution is 0.841. The molecule has 1 N–H and O–H groups in total. The molecule has 0 saturated carbocycles. The zero-order valence-electron chi connectivity index (χ0n) is 8.41. The minimum absolute atomic E-state index is 0.0692. The molecule has 2 aromatic heterocycles. The number of thioether (sulfide) groups is 1. The van der Waals surface area contributed by atoms with Crippen LogP contribution in [0.3, 0.4) is 0 Å². The lowest BCUT2D eigenvalue weighted by Gasteiger charge is -1.97. The van der Waals surface area contributed by atoms with E-state index in [9.17, 15) is 4.79 Å². The Kier molecular flexibility index (Phi) is 1.88. The molecule has 0 saturated heterocycles. The molecule has 5 heteroatoms. The van der Waals surface area contributed by atoms with E-state index in [0.29, 0.717) is 0 Å². The smallest absolute Gasteiger partial charge is 0.277 e. The number of hydrogen-bond acceptors (Lipinski definition) is 3. The Morgan fingerprint density at radius 3 is 3.27 bits per heavy atom. The number of aryl methyl sites for hydroxylation is 1. The molecule has 1 aliphatic rings. The van der Waals surface area contributed by atoms with Gasteiger partial charge < -0.3 is 0 Å². The summed E-state index contributed by atoms with van der Waals surface area (Å²) in [6.45, 7) is 2.05. The topological polar surface area (TPSA) is 50.2 Å². The van der Waals surface area contributed by atoms with Crippen LogP contribution in [0.25, 0.3) is 5.65 Å². The van der Waals surface area contributed by atoms with Gasteiger partial charge in [-0.25, -0.2) is 9.50 Å². The van der Waals surface area contributed by atoms with Crippen molar-refractivity contribution in [3.8, 4) is 0 Å². The first-order chi connectivity index (χ1) is 7.29. The molecule has 15 heavy (non-hydrogen) atoms. The lowest BCUT2D eigenvalue weighted by Crippen LogP contribution is -2.20. The number of nitrogens with one attached hydrogen (secondary N) is 1. The van der Waals surface area contributed by atoms with Crippen molar-refractivity contribution in [3.63, 3.8) is 0 Å². The Morgan fingerprint density at radius 2 is 2.47 bits per heavy atom. The summed E-state index contributed by atoms with van der Waals surface area (Å²) < 4.78 is 1.56. The zero-order chi connectivity index (χ0) is 10.4. The number of rotatable bonds is 1. The average Bonchev–Trinajstić information content (AvgIpc) is 2.83. The van der Waals surface area contributed by atoms with Gasteiger partial charge in [-0.1, -0.05) is 6.92 Å². The van der Waals surface area contributed by atoms with Gasteiger partial charge >= 0.3 is 0 Å². The van der Waals surface area contributed by atoms with Crippen LogP contribution in [0, 0.1) is 0 Å². The predicted molar refractivity (Wildman–Crippen MR) is 60.2 cm³/mol. The first-order valence-electron chi connectivity index (χ1n) is 4.99. The maximum atomic E-state index is 12.0. The average molecular weight is 221 g/mol. The molecule has 0 amide bonds. The summed E-state index contributed by atoms with van der Waals surface area (Å²) in [5.41, 5.74) is 3.70. The van der Waals surface area contributed by atoms with Gasteiger partial charge in [0, 0.05) is 23.3 Å². The highest BCUT2D eigenvalue weighted by molar-refractivity contribution is 7.98. The third-order valence-electron chi connectivity index (χ3n) is 2.71. The zero-order valence-corrected chi connectivity index (χ0v) is 9.23. The molecule has 0 aromatic carbocycles. The van der Waals surface area contributed by atoms with E-state index in [1.165, 1.54) is 0 Å². The summed E-state index contributed by atoms with van der Waals surface area (Å²) >= 11 is 1.75. The Balaban J connectivity index is 2.38. The van der Waals surface area contributed by atoms with Crippen molar-refractivity contribution >= 4 is 17.4 Å². The van der Waals surface area contributed by atoms with Gasteiger partial charge in [0.25, 0.3) is 5.56 Å². The van der Waals surface area contributed by atoms with E-state index < -0.39 is 0 Å². The quantitative estimate of drug-likeness (QED) is 0.790. The fraction of sp³-hybridized carbons (Fsp3) is 0.400. The minimum Gasteiger partial charge on any atom is -0.294 e. The number of nitrogens with zero attached hydrogens (tertiary/aromatic N) is 2. The Bertz CT molecular complexity index is 584. The summed E-state index contributed by atoms with van der Waals surface area (Å²) in [5, 5.41) is 3.08. The summed E-state index contributed by atoms with van der Waals surface area (Å²) in [6, 6.07) is 1.95. The van der Waals surface area contributed by atoms with Gasteiger partial charge in [-0.05, 0) is 6.42 Å². The first kappa shape index (κ1) is 9.03. The molecule has 0 bridgehead atoms. The summed E-state index contributed by atoms with van der Waals surface area (Å²) in [5.74, 6) is 1.66. The third-order valence-corrected chi connectivity index (χ3v) is 3.68. The second kappa shape index (κ2) is 3.13. The first-order valence-corrected chi connectivity index (χ1v) is 6.15. The van der Waals surface area contributed by atoms with Crippen LogP contribution in [-0.4, -0.2) is 14.6 Å². The normalized spacial score (nSPS) is 14.7. The van der Waals surface area contributed by atoms with Crippen molar-refractivity contribution in [1.29, 1.82) is 0 Å². The number of hydrogen-bond donors (Lipinski definition) is 1. The number of H-pyrrole nitrogens is 1. The lowest BCUT2D eigenvalue weighted by atomic mass is 10.3. The molecule has 1 aliphatic heterocycles. The standard InChI is InChI=1S/C10H11N3OS/c1-2-6-3-9-11-8-5-15-4-7(8)10(14)13(9)12-6/h3,12H,2,4-5H2,1H3. The minimum atomic E-state index is 0.0692. The molecule has 2 aromatic rings. The Labute approximate surface area is 90.7 Å². The van der Waals surface area contributed by atoms with Crippen LogP contribution < -0.4 is 5.56 Å². The molecular weight excluding hydrogens is 210 g/mol. The van der Waals surface area contributed by atoms with Crippen LogP contribution in [0.1, 0.15) is 23.9 Å². The number of fused-ring (bicyclic) bond motifs is 2. The van der Waals surface area contributed by atoms with Gasteiger partial charge in [-0.2, -0.15) is 11.8 Å². The van der Waals surface area contributed by atoms with Gasteiger partial charge in [0.1, 0.15) is 0 Å². The van der Waals surface area contributed by atoms with Crippen LogP contribution in [-0.2, 0) is 17.9 Å². The van der Waals surface area contributed by atoms with Gasteiger partial charge in [0.2, 0.25) is 0 Å². The second-order valence-electron chi connectivity index (χ2n) is 3.66. The van der Waals surface area contributed by atoms with Gasteiger partial charge in [-0.3, -0.25) is 9.89 Å². The van der Waals surface area contributed by atoms with Crippen LogP contribution >= 0.6 is 11.8 Å². The highest BCUT2D eigenvalue weighted by Crippen LogP contribution is 2.25. The van der Waals surface area contributed by atoms with Crippen LogP contribution in [0.4, 0.5) is 0 Å². The van der Waals surface area contributed by atoms with Gasteiger partial charge in [-0.15, -0.1) is 0 Å². The van der Waals surface area contributed by atoms with Gasteiger partial charge in [0.05, 0.1) is 11.3 Å². The maximum Gasteiger partial charge on any atom is 0.277 e. The van der Waals surface area contributed by atoms with Crippen molar-refractivity contribution in [1.82, 2.24) is 14.6 Å². The van der Waals surface area contributed by atoms with Crippen LogP contribution in [0.5, 0.6) is 0 Å². The Morgan fingerprint density at radius 1 is 1.60 bits per heavy atom. The van der Waals surface area contributed by atoms with E-state index in [2.05, 4.69) is 17.0 Å². The van der Waals surface area contributed by atoms with Gasteiger partial charge in [0.15, 0.2) is 5.65 Å². The molecule has 0 fully saturated rings. The monoisotopic (exact) mass is 221 g/mol. The fourth-order valence-corrected chi connectivity index (χ4v) is 2.88. The van der Waals surface area contributed by atoms with E-state index in [1.807, 2.05) is 6.07 Å².